The molecular weight excluding hydrogens is 472 g/mol. The number of hydrogen-bond acceptors (Lipinski definition) is 5. The summed E-state index contributed by atoms with van der Waals surface area (Å²) in [4.78, 5) is 5.22. The third kappa shape index (κ3) is 7.52. The van der Waals surface area contributed by atoms with E-state index in [4.69, 9.17) is 9.47 Å². The second kappa shape index (κ2) is 14.3. The highest BCUT2D eigenvalue weighted by Crippen LogP contribution is 2.46. The fourth-order valence-electron chi connectivity index (χ4n) is 6.35. The molecule has 5 rings (SSSR count). The summed E-state index contributed by atoms with van der Waals surface area (Å²) in [5.41, 5.74) is 4.09. The van der Waals surface area contributed by atoms with Crippen LogP contribution in [0.4, 0.5) is 0 Å². The van der Waals surface area contributed by atoms with Gasteiger partial charge >= 0.3 is 0 Å². The molecule has 0 saturated carbocycles. The molecular formula is C33H48N2O3. The molecule has 2 aromatic carbocycles. The largest absolute Gasteiger partial charge is 0.494 e. The Morgan fingerprint density at radius 2 is 1.03 bits per heavy atom. The lowest BCUT2D eigenvalue weighted by atomic mass is 10.1. The summed E-state index contributed by atoms with van der Waals surface area (Å²) in [6.45, 7) is 9.05. The second-order valence-electron chi connectivity index (χ2n) is 11.5. The highest BCUT2D eigenvalue weighted by molar-refractivity contribution is 5.79. The molecule has 0 bridgehead atoms. The molecule has 5 heteroatoms. The van der Waals surface area contributed by atoms with Crippen LogP contribution in [0, 0.1) is 0 Å². The van der Waals surface area contributed by atoms with Gasteiger partial charge in [-0.2, -0.15) is 0 Å². The maximum Gasteiger partial charge on any atom is 0.119 e. The van der Waals surface area contributed by atoms with Gasteiger partial charge in [-0.25, -0.2) is 0 Å². The van der Waals surface area contributed by atoms with E-state index in [1.165, 1.54) is 103 Å². The quantitative estimate of drug-likeness (QED) is 0.277. The lowest BCUT2D eigenvalue weighted by Crippen LogP contribution is -2.30. The summed E-state index contributed by atoms with van der Waals surface area (Å²) in [5.74, 6) is 1.71. The zero-order chi connectivity index (χ0) is 26.0. The monoisotopic (exact) mass is 520 g/mol. The van der Waals surface area contributed by atoms with Gasteiger partial charge in [0.05, 0.1) is 13.2 Å². The van der Waals surface area contributed by atoms with E-state index < -0.39 is 6.10 Å². The summed E-state index contributed by atoms with van der Waals surface area (Å²) in [6, 6.07) is 12.3. The van der Waals surface area contributed by atoms with Gasteiger partial charge in [0.15, 0.2) is 0 Å². The number of hydrogen-bond donors (Lipinski definition) is 1. The van der Waals surface area contributed by atoms with Crippen molar-refractivity contribution in [2.45, 2.75) is 83.2 Å². The van der Waals surface area contributed by atoms with Crippen molar-refractivity contribution in [3.63, 3.8) is 0 Å². The molecule has 2 aromatic rings. The van der Waals surface area contributed by atoms with E-state index >= 15 is 0 Å². The lowest BCUT2D eigenvalue weighted by Gasteiger charge is -2.26. The standard InChI is InChI=1S/C33H48N2O3/c36-33-31-25-27(37-23-11-3-9-21-34-17-5-1-6-18-34)13-15-29(31)30-16-14-28(26-32(30)33)38-24-12-4-10-22-35-19-7-2-8-20-35/h13-16,25-26,33,36H,1-12,17-24H2. The summed E-state index contributed by atoms with van der Waals surface area (Å²) < 4.78 is 12.1. The van der Waals surface area contributed by atoms with Crippen molar-refractivity contribution >= 4 is 0 Å². The SMILES string of the molecule is OC1c2cc(OCCCCCN3CCCCC3)ccc2-c2ccc(OCCCCCN3CCCCC3)cc21. The first-order chi connectivity index (χ1) is 18.8. The number of piperidine rings is 2. The van der Waals surface area contributed by atoms with Crippen LogP contribution in [-0.4, -0.2) is 67.4 Å². The molecule has 3 aliphatic rings. The van der Waals surface area contributed by atoms with Crippen LogP contribution in [0.2, 0.25) is 0 Å². The Kier molecular flexibility index (Phi) is 10.4. The van der Waals surface area contributed by atoms with Gasteiger partial charge in [-0.1, -0.05) is 25.0 Å². The first-order valence-electron chi connectivity index (χ1n) is 15.4. The predicted molar refractivity (Wildman–Crippen MR) is 155 cm³/mol. The molecule has 0 unspecified atom stereocenters. The molecule has 0 aromatic heterocycles. The van der Waals surface area contributed by atoms with Gasteiger partial charge in [0, 0.05) is 0 Å². The molecule has 2 saturated heterocycles. The van der Waals surface area contributed by atoms with E-state index in [0.29, 0.717) is 0 Å². The van der Waals surface area contributed by atoms with Crippen molar-refractivity contribution < 1.29 is 14.6 Å². The first-order valence-corrected chi connectivity index (χ1v) is 15.4. The van der Waals surface area contributed by atoms with Crippen molar-refractivity contribution in [1.29, 1.82) is 0 Å². The fourth-order valence-corrected chi connectivity index (χ4v) is 6.35. The highest BCUT2D eigenvalue weighted by atomic mass is 16.5. The van der Waals surface area contributed by atoms with Crippen LogP contribution in [0.15, 0.2) is 36.4 Å². The van der Waals surface area contributed by atoms with E-state index in [1.54, 1.807) is 0 Å². The van der Waals surface area contributed by atoms with E-state index in [-0.39, 0.29) is 0 Å². The molecule has 0 spiro atoms. The van der Waals surface area contributed by atoms with Crippen molar-refractivity contribution in [2.24, 2.45) is 0 Å². The summed E-state index contributed by atoms with van der Waals surface area (Å²) >= 11 is 0. The number of aliphatic hydroxyl groups is 1. The minimum Gasteiger partial charge on any atom is -0.494 e. The molecule has 38 heavy (non-hydrogen) atoms. The van der Waals surface area contributed by atoms with Gasteiger partial charge in [-0.15, -0.1) is 0 Å². The number of rotatable bonds is 14. The summed E-state index contributed by atoms with van der Waals surface area (Å²) in [7, 11) is 0. The van der Waals surface area contributed by atoms with E-state index in [1.807, 2.05) is 24.3 Å². The lowest BCUT2D eigenvalue weighted by molar-refractivity contribution is 0.219. The molecule has 2 fully saturated rings. The smallest absolute Gasteiger partial charge is 0.119 e. The normalized spacial score (nSPS) is 18.3. The first kappa shape index (κ1) is 27.5. The van der Waals surface area contributed by atoms with Crippen LogP contribution in [0.5, 0.6) is 11.5 Å². The van der Waals surface area contributed by atoms with Crippen LogP contribution >= 0.6 is 0 Å². The van der Waals surface area contributed by atoms with E-state index in [2.05, 4.69) is 21.9 Å². The van der Waals surface area contributed by atoms with Gasteiger partial charge in [0.25, 0.3) is 0 Å². The summed E-state index contributed by atoms with van der Waals surface area (Å²) in [5, 5.41) is 11.1. The molecule has 2 aliphatic heterocycles. The molecule has 0 radical (unpaired) electrons. The summed E-state index contributed by atoms with van der Waals surface area (Å²) in [6.07, 6.45) is 14.7. The fraction of sp³-hybridized carbons (Fsp3) is 0.636. The minimum absolute atomic E-state index is 0.624. The molecule has 1 aliphatic carbocycles. The van der Waals surface area contributed by atoms with Gasteiger partial charge in [-0.05, 0) is 150 Å². The number of benzene rings is 2. The van der Waals surface area contributed by atoms with Crippen molar-refractivity contribution in [1.82, 2.24) is 9.80 Å². The van der Waals surface area contributed by atoms with Crippen LogP contribution in [0.3, 0.4) is 0 Å². The predicted octanol–water partition coefficient (Wildman–Crippen LogP) is 6.82. The van der Waals surface area contributed by atoms with Gasteiger partial charge in [-0.3, -0.25) is 0 Å². The maximum absolute atomic E-state index is 11.1. The third-order valence-corrected chi connectivity index (χ3v) is 8.60. The average molecular weight is 521 g/mol. The molecule has 5 nitrogen and oxygen atoms in total. The number of nitrogens with zero attached hydrogens (tertiary/aromatic N) is 2. The number of unbranched alkanes of at least 4 members (excludes halogenated alkanes) is 4. The zero-order valence-electron chi connectivity index (χ0n) is 23.3. The van der Waals surface area contributed by atoms with Crippen LogP contribution in [-0.2, 0) is 0 Å². The Bertz CT molecular complexity index is 918. The Morgan fingerprint density at radius 3 is 1.47 bits per heavy atom. The van der Waals surface area contributed by atoms with Crippen LogP contribution in [0.1, 0.15) is 94.3 Å². The number of fused-ring (bicyclic) bond motifs is 3. The Labute approximate surface area is 230 Å². The van der Waals surface area contributed by atoms with Crippen LogP contribution < -0.4 is 9.47 Å². The molecule has 1 N–H and O–H groups in total. The highest BCUT2D eigenvalue weighted by Gasteiger charge is 2.28. The van der Waals surface area contributed by atoms with Gasteiger partial charge in [0.2, 0.25) is 0 Å². The minimum atomic E-state index is -0.624. The molecule has 2 heterocycles. The molecule has 0 atom stereocenters. The van der Waals surface area contributed by atoms with Gasteiger partial charge < -0.3 is 24.4 Å². The van der Waals surface area contributed by atoms with Crippen LogP contribution in [0.25, 0.3) is 11.1 Å². The Hall–Kier alpha value is -2.08. The van der Waals surface area contributed by atoms with E-state index in [9.17, 15) is 5.11 Å². The molecule has 0 amide bonds. The maximum atomic E-state index is 11.1. The topological polar surface area (TPSA) is 45.2 Å². The van der Waals surface area contributed by atoms with Crippen molar-refractivity contribution in [3.05, 3.63) is 47.5 Å². The molecule has 208 valence electrons. The Balaban J connectivity index is 1.02. The van der Waals surface area contributed by atoms with Gasteiger partial charge in [0.1, 0.15) is 17.6 Å². The zero-order valence-corrected chi connectivity index (χ0v) is 23.3. The van der Waals surface area contributed by atoms with Crippen molar-refractivity contribution in [2.75, 3.05) is 52.5 Å². The van der Waals surface area contributed by atoms with Crippen molar-refractivity contribution in [3.8, 4) is 22.6 Å². The van der Waals surface area contributed by atoms with E-state index in [0.717, 1.165) is 59.8 Å². The third-order valence-electron chi connectivity index (χ3n) is 8.60. The number of ether oxygens (including phenoxy) is 2. The number of likely N-dealkylation sites (tertiary alicyclic amines) is 2. The Morgan fingerprint density at radius 1 is 0.579 bits per heavy atom. The number of aliphatic hydroxyl groups excluding tert-OH is 1. The average Bonchev–Trinajstić information content (AvgIpc) is 3.24. The second-order valence-corrected chi connectivity index (χ2v) is 11.5.